The van der Waals surface area contributed by atoms with Gasteiger partial charge in [0.1, 0.15) is 5.78 Å². The summed E-state index contributed by atoms with van der Waals surface area (Å²) in [5.41, 5.74) is 7.56. The smallest absolute Gasteiger partial charge is 0.269 e. The fourth-order valence-corrected chi connectivity index (χ4v) is 3.62. The van der Waals surface area contributed by atoms with Crippen molar-refractivity contribution in [3.8, 4) is 0 Å². The highest BCUT2D eigenvalue weighted by Crippen LogP contribution is 2.17. The first-order valence-corrected chi connectivity index (χ1v) is 12.8. The van der Waals surface area contributed by atoms with Crippen LogP contribution in [0.3, 0.4) is 0 Å². The lowest BCUT2D eigenvalue weighted by Gasteiger charge is -2.31. The number of benzene rings is 2. The van der Waals surface area contributed by atoms with Gasteiger partial charge in [-0.15, -0.1) is 12.4 Å². The molecule has 11 nitrogen and oxygen atoms in total. The summed E-state index contributed by atoms with van der Waals surface area (Å²) in [4.78, 5) is 32.6. The fourth-order valence-electron chi connectivity index (χ4n) is 3.62. The van der Waals surface area contributed by atoms with Gasteiger partial charge in [0.25, 0.3) is 11.4 Å². The van der Waals surface area contributed by atoms with Crippen LogP contribution in [-0.4, -0.2) is 106 Å². The highest BCUT2D eigenvalue weighted by molar-refractivity contribution is 7.17. The average molecular weight is 604 g/mol. The minimum atomic E-state index is -0.430. The van der Waals surface area contributed by atoms with Crippen LogP contribution in [0.4, 0.5) is 11.4 Å². The number of ketones is 1. The van der Waals surface area contributed by atoms with E-state index in [0.29, 0.717) is 44.4 Å². The van der Waals surface area contributed by atoms with Crippen molar-refractivity contribution in [2.75, 3.05) is 33.5 Å². The molecule has 2 heterocycles. The Hall–Kier alpha value is -2.57. The molecular formula is C25H35B6ClN4O7. The van der Waals surface area contributed by atoms with E-state index in [0.717, 1.165) is 50.8 Å². The zero-order valence-electron chi connectivity index (χ0n) is 24.4. The molecule has 2 fully saturated rings. The second-order valence-electron chi connectivity index (χ2n) is 8.65. The van der Waals surface area contributed by atoms with Crippen molar-refractivity contribution in [3.05, 3.63) is 79.9 Å². The first kappa shape index (κ1) is 44.9. The van der Waals surface area contributed by atoms with E-state index in [9.17, 15) is 25.0 Å². The Morgan fingerprint density at radius 1 is 0.860 bits per heavy atom. The monoisotopic (exact) mass is 604 g/mol. The number of ether oxygens (including phenoxy) is 2. The Labute approximate surface area is 268 Å². The Morgan fingerprint density at radius 3 is 1.56 bits per heavy atom. The molecule has 18 heteroatoms. The number of hydrogen-bond acceptors (Lipinski definition) is 9. The molecular weight excluding hydrogens is 569 g/mol. The van der Waals surface area contributed by atoms with Gasteiger partial charge in [-0.1, -0.05) is 24.3 Å². The summed E-state index contributed by atoms with van der Waals surface area (Å²) in [6.07, 6.45) is 3.37. The summed E-state index contributed by atoms with van der Waals surface area (Å²) >= 11 is 0. The van der Waals surface area contributed by atoms with Crippen molar-refractivity contribution in [1.29, 1.82) is 0 Å². The number of hydrogen-bond donors (Lipinski definition) is 1. The SMILES string of the molecule is CN(Cc1ccc([N+](=O)[O-])cc1)C1CCOCC1.Cl.NCc1ccc([N+](=O)[O-])cc1.O=C1CCOCC1.[B].[B][B].[B][B][B]. The van der Waals surface area contributed by atoms with Gasteiger partial charge in [0, 0.05) is 116 Å². The topological polar surface area (TPSA) is 151 Å². The zero-order chi connectivity index (χ0) is 31.0. The highest BCUT2D eigenvalue weighted by Gasteiger charge is 2.18. The summed E-state index contributed by atoms with van der Waals surface area (Å²) in [5.74, 6) is 0.339. The third kappa shape index (κ3) is 20.9. The van der Waals surface area contributed by atoms with E-state index in [-0.39, 0.29) is 37.1 Å². The molecule has 4 rings (SSSR count). The number of nitro benzene ring substituents is 2. The molecule has 2 N–H and O–H groups in total. The number of nitrogens with zero attached hydrogens (tertiary/aromatic N) is 3. The molecule has 222 valence electrons. The number of nitro groups is 2. The lowest BCUT2D eigenvalue weighted by Crippen LogP contribution is -2.36. The van der Waals surface area contributed by atoms with Crippen LogP contribution in [0.15, 0.2) is 48.5 Å². The van der Waals surface area contributed by atoms with Crippen molar-refractivity contribution < 1.29 is 24.1 Å². The van der Waals surface area contributed by atoms with Gasteiger partial charge in [0.2, 0.25) is 0 Å². The van der Waals surface area contributed by atoms with E-state index < -0.39 is 4.92 Å². The number of halogens is 1. The molecule has 43 heavy (non-hydrogen) atoms. The van der Waals surface area contributed by atoms with Crippen molar-refractivity contribution >= 4 is 76.0 Å². The van der Waals surface area contributed by atoms with Crippen LogP contribution in [0.5, 0.6) is 0 Å². The van der Waals surface area contributed by atoms with Crippen LogP contribution < -0.4 is 5.73 Å². The summed E-state index contributed by atoms with van der Waals surface area (Å²) < 4.78 is 10.3. The molecule has 2 saturated heterocycles. The molecule has 0 unspecified atom stereocenters. The van der Waals surface area contributed by atoms with Gasteiger partial charge in [-0.3, -0.25) is 29.9 Å². The van der Waals surface area contributed by atoms with E-state index in [2.05, 4.69) is 42.9 Å². The second-order valence-corrected chi connectivity index (χ2v) is 8.65. The van der Waals surface area contributed by atoms with Crippen LogP contribution in [0, 0.1) is 20.2 Å². The standard InChI is InChI=1S/C13H18N2O3.C7H8N2O2.C5H8O2.B3.B2.B.ClH/c1-14(12-6-8-18-9-7-12)10-11-2-4-13(5-3-11)15(16)17;8-5-6-1-3-7(4-2-6)9(10)11;6-5-1-3-7-4-2-5;1-3-2;1-2;;/h2-5,12H,6-10H2,1H3;1-4H,5,8H2;1-4H2;;;;1H. The first-order chi connectivity index (χ1) is 19.7. The van der Waals surface area contributed by atoms with Crippen molar-refractivity contribution in [1.82, 2.24) is 4.90 Å². The summed E-state index contributed by atoms with van der Waals surface area (Å²) in [5, 5.41) is 20.7. The minimum absolute atomic E-state index is 0. The van der Waals surface area contributed by atoms with Crippen LogP contribution in [0.2, 0.25) is 0 Å². The van der Waals surface area contributed by atoms with Gasteiger partial charge in [-0.05, 0) is 31.0 Å². The number of carbonyl (C=O) groups is 1. The van der Waals surface area contributed by atoms with E-state index in [1.807, 2.05) is 12.1 Å². The van der Waals surface area contributed by atoms with E-state index in [1.54, 1.807) is 24.3 Å². The van der Waals surface area contributed by atoms with Gasteiger partial charge < -0.3 is 15.2 Å². The number of nitrogens with two attached hydrogens (primary N) is 1. The largest absolute Gasteiger partial charge is 0.381 e. The number of non-ortho nitro benzene ring substituents is 2. The average Bonchev–Trinajstić information content (AvgIpc) is 3.00. The predicted octanol–water partition coefficient (Wildman–Crippen LogP) is 1.76. The van der Waals surface area contributed by atoms with Crippen LogP contribution in [0.1, 0.15) is 36.8 Å². The van der Waals surface area contributed by atoms with E-state index in [4.69, 9.17) is 15.2 Å². The molecule has 12 radical (unpaired) electrons. The maximum atomic E-state index is 10.6. The summed E-state index contributed by atoms with van der Waals surface area (Å²) in [7, 11) is 20.1. The number of Topliss-reactive ketones (excluding diaryl/α,β-unsaturated/α-hetero) is 1. The third-order valence-electron chi connectivity index (χ3n) is 5.83. The molecule has 0 aliphatic carbocycles. The van der Waals surface area contributed by atoms with Crippen molar-refractivity contribution in [2.24, 2.45) is 5.73 Å². The summed E-state index contributed by atoms with van der Waals surface area (Å²) in [6, 6.07) is 13.5. The van der Waals surface area contributed by atoms with Crippen molar-refractivity contribution in [2.45, 2.75) is 44.8 Å². The Morgan fingerprint density at radius 2 is 1.23 bits per heavy atom. The molecule has 0 amide bonds. The molecule has 0 bridgehead atoms. The fraction of sp³-hybridized carbons (Fsp3) is 0.480. The second kappa shape index (κ2) is 28.2. The van der Waals surface area contributed by atoms with Crippen LogP contribution in [-0.2, 0) is 27.4 Å². The first-order valence-electron chi connectivity index (χ1n) is 12.8. The zero-order valence-corrected chi connectivity index (χ0v) is 25.2. The van der Waals surface area contributed by atoms with Crippen molar-refractivity contribution in [3.63, 3.8) is 0 Å². The molecule has 2 aromatic carbocycles. The van der Waals surface area contributed by atoms with Gasteiger partial charge in [-0.2, -0.15) is 0 Å². The van der Waals surface area contributed by atoms with E-state index in [1.165, 1.54) is 12.1 Å². The maximum Gasteiger partial charge on any atom is 0.269 e. The Balaban J connectivity index is -0.000000549. The van der Waals surface area contributed by atoms with Gasteiger partial charge in [0.15, 0.2) is 0 Å². The highest BCUT2D eigenvalue weighted by atomic mass is 35.5. The molecule has 0 atom stereocenters. The lowest BCUT2D eigenvalue weighted by molar-refractivity contribution is -0.385. The third-order valence-corrected chi connectivity index (χ3v) is 5.83. The number of rotatable bonds is 6. The quantitative estimate of drug-likeness (QED) is 0.296. The predicted molar refractivity (Wildman–Crippen MR) is 176 cm³/mol. The van der Waals surface area contributed by atoms with E-state index >= 15 is 0 Å². The normalized spacial score (nSPS) is 13.6. The van der Waals surface area contributed by atoms with Gasteiger partial charge in [0.05, 0.1) is 23.1 Å². The molecule has 0 spiro atoms. The van der Waals surface area contributed by atoms with Gasteiger partial charge >= 0.3 is 0 Å². The molecule has 0 saturated carbocycles. The molecule has 2 aromatic rings. The number of carbonyl (C=O) groups excluding carboxylic acids is 1. The molecule has 0 aromatic heterocycles. The maximum absolute atomic E-state index is 10.6. The molecule has 2 aliphatic heterocycles. The van der Waals surface area contributed by atoms with Gasteiger partial charge in [-0.25, -0.2) is 0 Å². The molecule has 2 aliphatic rings. The summed E-state index contributed by atoms with van der Waals surface area (Å²) in [6.45, 7) is 4.17. The Bertz CT molecular complexity index is 1000. The minimum Gasteiger partial charge on any atom is -0.381 e. The Kier molecular flexibility index (Phi) is 29.4. The lowest BCUT2D eigenvalue weighted by atomic mass is 9.40. The van der Waals surface area contributed by atoms with Crippen LogP contribution in [0.25, 0.3) is 0 Å². The van der Waals surface area contributed by atoms with Crippen LogP contribution >= 0.6 is 12.4 Å².